The fourth-order valence-corrected chi connectivity index (χ4v) is 5.08. The summed E-state index contributed by atoms with van der Waals surface area (Å²) in [4.78, 5) is 14.2. The van der Waals surface area contributed by atoms with Crippen molar-refractivity contribution in [2.45, 2.75) is 25.2 Å². The zero-order valence-electron chi connectivity index (χ0n) is 15.0. The van der Waals surface area contributed by atoms with Crippen LogP contribution in [0.25, 0.3) is 6.08 Å². The van der Waals surface area contributed by atoms with E-state index in [1.807, 2.05) is 0 Å². The molecule has 1 amide bonds. The van der Waals surface area contributed by atoms with Crippen LogP contribution in [0.15, 0.2) is 36.7 Å². The zero-order chi connectivity index (χ0) is 19.6. The number of nitrogens with zero attached hydrogens (tertiary/aromatic N) is 3. The number of furan rings is 1. The van der Waals surface area contributed by atoms with Crippen molar-refractivity contribution in [1.29, 1.82) is 0 Å². The Balaban J connectivity index is 1.68. The molecule has 2 aromatic rings. The van der Waals surface area contributed by atoms with Gasteiger partial charge in [0.15, 0.2) is 10.4 Å². The van der Waals surface area contributed by atoms with Crippen molar-refractivity contribution in [3.63, 3.8) is 0 Å². The van der Waals surface area contributed by atoms with Crippen molar-refractivity contribution in [2.24, 2.45) is 0 Å². The standard InChI is InChI=1S/C17H20BrN3O5S/c1-12-17(13(2)26-19-12)27(23,24)21-9-3-8-20(10-11-21)16(22)7-5-14-4-6-15(18)25-14/h4-7H,3,8-11H2,1-2H3/b7-5+. The molecule has 10 heteroatoms. The predicted molar refractivity (Wildman–Crippen MR) is 101 cm³/mol. The minimum atomic E-state index is -3.70. The molecule has 0 atom stereocenters. The molecule has 146 valence electrons. The van der Waals surface area contributed by atoms with Gasteiger partial charge in [-0.1, -0.05) is 5.16 Å². The van der Waals surface area contributed by atoms with Gasteiger partial charge in [-0.3, -0.25) is 4.79 Å². The highest BCUT2D eigenvalue weighted by molar-refractivity contribution is 9.10. The largest absolute Gasteiger partial charge is 0.450 e. The average molecular weight is 458 g/mol. The monoisotopic (exact) mass is 457 g/mol. The van der Waals surface area contributed by atoms with Crippen molar-refractivity contribution in [3.8, 4) is 0 Å². The molecule has 1 aliphatic rings. The van der Waals surface area contributed by atoms with E-state index in [0.29, 0.717) is 42.2 Å². The number of aromatic nitrogens is 1. The summed E-state index contributed by atoms with van der Waals surface area (Å²) in [6.07, 6.45) is 3.58. The Bertz CT molecular complexity index is 944. The number of sulfonamides is 1. The van der Waals surface area contributed by atoms with Crippen LogP contribution in [0.3, 0.4) is 0 Å². The normalized spacial score (nSPS) is 16.8. The average Bonchev–Trinajstić information content (AvgIpc) is 3.07. The van der Waals surface area contributed by atoms with E-state index in [4.69, 9.17) is 8.94 Å². The number of amides is 1. The fraction of sp³-hybridized carbons (Fsp3) is 0.412. The summed E-state index contributed by atoms with van der Waals surface area (Å²) < 4.78 is 38.1. The molecule has 0 bridgehead atoms. The Morgan fingerprint density at radius 3 is 2.63 bits per heavy atom. The van der Waals surface area contributed by atoms with Gasteiger partial charge >= 0.3 is 0 Å². The Morgan fingerprint density at radius 1 is 1.22 bits per heavy atom. The first-order valence-corrected chi connectivity index (χ1v) is 10.7. The van der Waals surface area contributed by atoms with Gasteiger partial charge in [-0.2, -0.15) is 4.31 Å². The minimum absolute atomic E-state index is 0.116. The van der Waals surface area contributed by atoms with Crippen LogP contribution >= 0.6 is 15.9 Å². The molecule has 1 saturated heterocycles. The summed E-state index contributed by atoms with van der Waals surface area (Å²) in [5, 5.41) is 3.73. The maximum absolute atomic E-state index is 12.9. The first-order valence-electron chi connectivity index (χ1n) is 8.44. The van der Waals surface area contributed by atoms with Crippen LogP contribution in [0.1, 0.15) is 23.6 Å². The number of hydrogen-bond acceptors (Lipinski definition) is 6. The van der Waals surface area contributed by atoms with Crippen LogP contribution in [-0.2, 0) is 14.8 Å². The summed E-state index contributed by atoms with van der Waals surface area (Å²) >= 11 is 3.21. The molecule has 0 aliphatic carbocycles. The van der Waals surface area contributed by atoms with Gasteiger partial charge in [-0.15, -0.1) is 0 Å². The lowest BCUT2D eigenvalue weighted by Gasteiger charge is -2.21. The van der Waals surface area contributed by atoms with Gasteiger partial charge in [0.05, 0.1) is 0 Å². The molecule has 1 fully saturated rings. The van der Waals surface area contributed by atoms with E-state index in [2.05, 4.69) is 21.1 Å². The number of halogens is 1. The third-order valence-corrected chi connectivity index (χ3v) is 6.89. The number of carbonyl (C=O) groups excluding carboxylic acids is 1. The molecule has 1 aliphatic heterocycles. The van der Waals surface area contributed by atoms with E-state index in [1.54, 1.807) is 37.0 Å². The molecular weight excluding hydrogens is 438 g/mol. The highest BCUT2D eigenvalue weighted by atomic mass is 79.9. The van der Waals surface area contributed by atoms with E-state index in [9.17, 15) is 13.2 Å². The Kier molecular flexibility index (Phi) is 5.87. The highest BCUT2D eigenvalue weighted by Crippen LogP contribution is 2.24. The van der Waals surface area contributed by atoms with Gasteiger partial charge in [0.1, 0.15) is 16.3 Å². The van der Waals surface area contributed by atoms with Crippen LogP contribution < -0.4 is 0 Å². The van der Waals surface area contributed by atoms with Crippen LogP contribution in [-0.4, -0.2) is 54.9 Å². The first-order chi connectivity index (χ1) is 12.8. The van der Waals surface area contributed by atoms with E-state index in [-0.39, 0.29) is 23.1 Å². The van der Waals surface area contributed by atoms with Crippen molar-refractivity contribution in [3.05, 3.63) is 40.1 Å². The third kappa shape index (κ3) is 4.33. The number of rotatable bonds is 4. The smallest absolute Gasteiger partial charge is 0.248 e. The van der Waals surface area contributed by atoms with Crippen molar-refractivity contribution in [2.75, 3.05) is 26.2 Å². The van der Waals surface area contributed by atoms with Crippen LogP contribution in [0.5, 0.6) is 0 Å². The molecule has 8 nitrogen and oxygen atoms in total. The first kappa shape index (κ1) is 19.8. The molecule has 2 aromatic heterocycles. The quantitative estimate of drug-likeness (QED) is 0.654. The van der Waals surface area contributed by atoms with Crippen molar-refractivity contribution < 1.29 is 22.2 Å². The van der Waals surface area contributed by atoms with Crippen LogP contribution in [0.4, 0.5) is 0 Å². The van der Waals surface area contributed by atoms with E-state index in [1.165, 1.54) is 10.4 Å². The third-order valence-electron chi connectivity index (χ3n) is 4.32. The summed E-state index contributed by atoms with van der Waals surface area (Å²) in [5.74, 6) is 0.656. The van der Waals surface area contributed by atoms with E-state index >= 15 is 0 Å². The number of carbonyl (C=O) groups is 1. The molecule has 0 radical (unpaired) electrons. The molecule has 0 aromatic carbocycles. The lowest BCUT2D eigenvalue weighted by atomic mass is 10.3. The number of aryl methyl sites for hydroxylation is 2. The maximum Gasteiger partial charge on any atom is 0.248 e. The maximum atomic E-state index is 12.9. The second-order valence-corrected chi connectivity index (χ2v) is 8.87. The molecule has 3 rings (SSSR count). The van der Waals surface area contributed by atoms with Gasteiger partial charge in [0.25, 0.3) is 0 Å². The summed E-state index contributed by atoms with van der Waals surface area (Å²) in [7, 11) is -3.70. The molecule has 0 spiro atoms. The van der Waals surface area contributed by atoms with Gasteiger partial charge in [0, 0.05) is 32.3 Å². The SMILES string of the molecule is Cc1noc(C)c1S(=O)(=O)N1CCCN(C(=O)/C=C/c2ccc(Br)o2)CC1. The van der Waals surface area contributed by atoms with Gasteiger partial charge < -0.3 is 13.8 Å². The Morgan fingerprint density at radius 2 is 2.00 bits per heavy atom. The second kappa shape index (κ2) is 7.99. The summed E-state index contributed by atoms with van der Waals surface area (Å²) in [6, 6.07) is 3.49. The van der Waals surface area contributed by atoms with Crippen LogP contribution in [0.2, 0.25) is 0 Å². The molecule has 0 saturated carbocycles. The van der Waals surface area contributed by atoms with Gasteiger partial charge in [-0.05, 0) is 54.4 Å². The Labute approximate surface area is 166 Å². The lowest BCUT2D eigenvalue weighted by molar-refractivity contribution is -0.125. The van der Waals surface area contributed by atoms with E-state index in [0.717, 1.165) is 0 Å². The minimum Gasteiger partial charge on any atom is -0.450 e. The topological polar surface area (TPSA) is 96.9 Å². The molecule has 0 N–H and O–H groups in total. The van der Waals surface area contributed by atoms with Gasteiger partial charge in [-0.25, -0.2) is 8.42 Å². The zero-order valence-corrected chi connectivity index (χ0v) is 17.4. The summed E-state index contributed by atoms with van der Waals surface area (Å²) in [6.45, 7) is 4.54. The Hall–Kier alpha value is -1.91. The molecular formula is C17H20BrN3O5S. The predicted octanol–water partition coefficient (Wildman–Crippen LogP) is 2.58. The fourth-order valence-electron chi connectivity index (χ4n) is 3.00. The lowest BCUT2D eigenvalue weighted by Crippen LogP contribution is -2.37. The summed E-state index contributed by atoms with van der Waals surface area (Å²) in [5.41, 5.74) is 0.345. The molecule has 3 heterocycles. The number of hydrogen-bond donors (Lipinski definition) is 0. The van der Waals surface area contributed by atoms with E-state index < -0.39 is 10.0 Å². The highest BCUT2D eigenvalue weighted by Gasteiger charge is 2.32. The van der Waals surface area contributed by atoms with Crippen molar-refractivity contribution >= 4 is 37.9 Å². The van der Waals surface area contributed by atoms with Crippen LogP contribution in [0, 0.1) is 13.8 Å². The molecule has 0 unspecified atom stereocenters. The second-order valence-electron chi connectivity index (χ2n) is 6.21. The molecule has 27 heavy (non-hydrogen) atoms. The van der Waals surface area contributed by atoms with Crippen molar-refractivity contribution in [1.82, 2.24) is 14.4 Å². The van der Waals surface area contributed by atoms with Gasteiger partial charge in [0.2, 0.25) is 15.9 Å².